The Hall–Kier alpha value is -0.960. The number of hydrogen-bond acceptors (Lipinski definition) is 3. The average Bonchev–Trinajstić information content (AvgIpc) is 1.99. The molecule has 0 spiro atoms. The zero-order chi connectivity index (χ0) is 8.43. The van der Waals surface area contributed by atoms with Crippen LogP contribution >= 0.6 is 0 Å². The Labute approximate surface area is 66.7 Å². The van der Waals surface area contributed by atoms with E-state index in [-0.39, 0.29) is 0 Å². The van der Waals surface area contributed by atoms with Crippen LogP contribution in [0.1, 0.15) is 22.8 Å². The van der Waals surface area contributed by atoms with Crippen LogP contribution in [-0.2, 0) is 6.54 Å². The van der Waals surface area contributed by atoms with E-state index in [1.165, 1.54) is 0 Å². The van der Waals surface area contributed by atoms with Crippen LogP contribution < -0.4 is 5.73 Å². The highest BCUT2D eigenvalue weighted by Crippen LogP contribution is 2.06. The fourth-order valence-electron chi connectivity index (χ4n) is 0.933. The van der Waals surface area contributed by atoms with Crippen molar-refractivity contribution >= 4 is 0 Å². The minimum Gasteiger partial charge on any atom is -0.324 e. The molecule has 0 saturated carbocycles. The SMILES string of the molecule is Cc1nc(CN)nc(C)c1C. The van der Waals surface area contributed by atoms with Crippen LogP contribution in [0.25, 0.3) is 0 Å². The maximum Gasteiger partial charge on any atom is 0.142 e. The van der Waals surface area contributed by atoms with Gasteiger partial charge in [-0.1, -0.05) is 0 Å². The van der Waals surface area contributed by atoms with Gasteiger partial charge in [-0.25, -0.2) is 9.97 Å². The molecule has 0 aliphatic carbocycles. The van der Waals surface area contributed by atoms with Crippen molar-refractivity contribution in [3.05, 3.63) is 22.8 Å². The van der Waals surface area contributed by atoms with E-state index in [9.17, 15) is 0 Å². The van der Waals surface area contributed by atoms with Crippen molar-refractivity contribution in [1.29, 1.82) is 0 Å². The summed E-state index contributed by atoms with van der Waals surface area (Å²) in [6, 6.07) is 0. The monoisotopic (exact) mass is 151 g/mol. The molecule has 0 radical (unpaired) electrons. The van der Waals surface area contributed by atoms with Crippen molar-refractivity contribution in [1.82, 2.24) is 9.97 Å². The third-order valence-electron chi connectivity index (χ3n) is 1.86. The Balaban J connectivity index is 3.21. The quantitative estimate of drug-likeness (QED) is 0.647. The minimum absolute atomic E-state index is 0.419. The van der Waals surface area contributed by atoms with E-state index in [1.807, 2.05) is 20.8 Å². The fourth-order valence-corrected chi connectivity index (χ4v) is 0.933. The van der Waals surface area contributed by atoms with Gasteiger partial charge in [0.1, 0.15) is 5.82 Å². The molecule has 0 bridgehead atoms. The largest absolute Gasteiger partial charge is 0.324 e. The lowest BCUT2D eigenvalue weighted by atomic mass is 10.2. The van der Waals surface area contributed by atoms with Gasteiger partial charge >= 0.3 is 0 Å². The van der Waals surface area contributed by atoms with E-state index in [2.05, 4.69) is 9.97 Å². The number of aryl methyl sites for hydroxylation is 2. The van der Waals surface area contributed by atoms with Gasteiger partial charge in [0.15, 0.2) is 0 Å². The first kappa shape index (κ1) is 8.14. The van der Waals surface area contributed by atoms with Crippen molar-refractivity contribution in [2.24, 2.45) is 5.73 Å². The predicted molar refractivity (Wildman–Crippen MR) is 44.1 cm³/mol. The Bertz CT molecular complexity index is 245. The molecule has 0 aliphatic rings. The van der Waals surface area contributed by atoms with Gasteiger partial charge in [-0.3, -0.25) is 0 Å². The maximum atomic E-state index is 5.41. The molecule has 0 amide bonds. The van der Waals surface area contributed by atoms with Gasteiger partial charge in [0.25, 0.3) is 0 Å². The zero-order valence-electron chi connectivity index (χ0n) is 7.18. The number of nitrogens with zero attached hydrogens (tertiary/aromatic N) is 2. The van der Waals surface area contributed by atoms with E-state index in [1.54, 1.807) is 0 Å². The highest BCUT2D eigenvalue weighted by Gasteiger charge is 2.01. The molecule has 60 valence electrons. The van der Waals surface area contributed by atoms with Gasteiger partial charge in [0, 0.05) is 11.4 Å². The van der Waals surface area contributed by atoms with Crippen molar-refractivity contribution in [2.75, 3.05) is 0 Å². The van der Waals surface area contributed by atoms with Crippen LogP contribution in [0.5, 0.6) is 0 Å². The van der Waals surface area contributed by atoms with Gasteiger partial charge in [0.2, 0.25) is 0 Å². The van der Waals surface area contributed by atoms with Gasteiger partial charge in [0.05, 0.1) is 6.54 Å². The lowest BCUT2D eigenvalue weighted by Gasteiger charge is -2.04. The molecular formula is C8H13N3. The molecule has 0 aromatic carbocycles. The summed E-state index contributed by atoms with van der Waals surface area (Å²) in [5, 5.41) is 0. The molecule has 3 nitrogen and oxygen atoms in total. The van der Waals surface area contributed by atoms with Crippen molar-refractivity contribution in [2.45, 2.75) is 27.3 Å². The second kappa shape index (κ2) is 2.96. The van der Waals surface area contributed by atoms with E-state index >= 15 is 0 Å². The van der Waals surface area contributed by atoms with Crippen molar-refractivity contribution < 1.29 is 0 Å². The Morgan fingerprint density at radius 1 is 1.09 bits per heavy atom. The van der Waals surface area contributed by atoms with Crippen molar-refractivity contribution in [3.63, 3.8) is 0 Å². The first-order chi connectivity index (χ1) is 5.15. The Kier molecular flexibility index (Phi) is 2.19. The summed E-state index contributed by atoms with van der Waals surface area (Å²) < 4.78 is 0. The lowest BCUT2D eigenvalue weighted by molar-refractivity contribution is 0.860. The molecule has 0 aliphatic heterocycles. The summed E-state index contributed by atoms with van der Waals surface area (Å²) in [5.74, 6) is 0.727. The van der Waals surface area contributed by atoms with E-state index in [0.29, 0.717) is 6.54 Å². The molecule has 1 rings (SSSR count). The van der Waals surface area contributed by atoms with Crippen LogP contribution in [0, 0.1) is 20.8 Å². The van der Waals surface area contributed by atoms with Gasteiger partial charge < -0.3 is 5.73 Å². The highest BCUT2D eigenvalue weighted by molar-refractivity contribution is 5.21. The average molecular weight is 151 g/mol. The number of nitrogens with two attached hydrogens (primary N) is 1. The molecular weight excluding hydrogens is 138 g/mol. The number of aromatic nitrogens is 2. The molecule has 3 heteroatoms. The smallest absolute Gasteiger partial charge is 0.142 e. The summed E-state index contributed by atoms with van der Waals surface area (Å²) in [7, 11) is 0. The molecule has 2 N–H and O–H groups in total. The molecule has 1 aromatic heterocycles. The summed E-state index contributed by atoms with van der Waals surface area (Å²) in [6.07, 6.45) is 0. The van der Waals surface area contributed by atoms with Gasteiger partial charge in [-0.2, -0.15) is 0 Å². The normalized spacial score (nSPS) is 10.2. The second-order valence-electron chi connectivity index (χ2n) is 2.64. The fraction of sp³-hybridized carbons (Fsp3) is 0.500. The molecule has 0 unspecified atom stereocenters. The minimum atomic E-state index is 0.419. The lowest BCUT2D eigenvalue weighted by Crippen LogP contribution is -2.07. The summed E-state index contributed by atoms with van der Waals surface area (Å²) in [5.41, 5.74) is 8.62. The van der Waals surface area contributed by atoms with E-state index < -0.39 is 0 Å². The van der Waals surface area contributed by atoms with E-state index in [4.69, 9.17) is 5.73 Å². The predicted octanol–water partition coefficient (Wildman–Crippen LogP) is 0.861. The summed E-state index contributed by atoms with van der Waals surface area (Å²) in [6.45, 7) is 6.39. The van der Waals surface area contributed by atoms with Crippen molar-refractivity contribution in [3.8, 4) is 0 Å². The first-order valence-electron chi connectivity index (χ1n) is 3.66. The Morgan fingerprint density at radius 2 is 1.55 bits per heavy atom. The van der Waals surface area contributed by atoms with Crippen LogP contribution in [-0.4, -0.2) is 9.97 Å². The van der Waals surface area contributed by atoms with Crippen LogP contribution in [0.15, 0.2) is 0 Å². The number of hydrogen-bond donors (Lipinski definition) is 1. The molecule has 1 aromatic rings. The van der Waals surface area contributed by atoms with Crippen LogP contribution in [0.4, 0.5) is 0 Å². The van der Waals surface area contributed by atoms with Crippen LogP contribution in [0.2, 0.25) is 0 Å². The highest BCUT2D eigenvalue weighted by atomic mass is 14.9. The van der Waals surface area contributed by atoms with Gasteiger partial charge in [-0.05, 0) is 26.3 Å². The molecule has 0 atom stereocenters. The summed E-state index contributed by atoms with van der Waals surface area (Å²) in [4.78, 5) is 8.43. The third kappa shape index (κ3) is 1.54. The Morgan fingerprint density at radius 3 is 1.91 bits per heavy atom. The molecule has 0 saturated heterocycles. The van der Waals surface area contributed by atoms with E-state index in [0.717, 1.165) is 22.8 Å². The number of rotatable bonds is 1. The maximum absolute atomic E-state index is 5.41. The molecule has 0 fully saturated rings. The second-order valence-corrected chi connectivity index (χ2v) is 2.64. The third-order valence-corrected chi connectivity index (χ3v) is 1.86. The standard InChI is InChI=1S/C8H13N3/c1-5-6(2)10-8(4-9)11-7(5)3/h4,9H2,1-3H3. The topological polar surface area (TPSA) is 51.8 Å². The molecule has 11 heavy (non-hydrogen) atoms. The summed E-state index contributed by atoms with van der Waals surface area (Å²) >= 11 is 0. The van der Waals surface area contributed by atoms with Crippen LogP contribution in [0.3, 0.4) is 0 Å². The zero-order valence-corrected chi connectivity index (χ0v) is 7.18. The van der Waals surface area contributed by atoms with Gasteiger partial charge in [-0.15, -0.1) is 0 Å². The first-order valence-corrected chi connectivity index (χ1v) is 3.66. The molecule has 1 heterocycles.